The number of amides is 1. The van der Waals surface area contributed by atoms with Crippen molar-refractivity contribution >= 4 is 21.8 Å². The van der Waals surface area contributed by atoms with Crippen molar-refractivity contribution in [3.8, 4) is 0 Å². The fourth-order valence-corrected chi connectivity index (χ4v) is 2.21. The van der Waals surface area contributed by atoms with Gasteiger partial charge >= 0.3 is 0 Å². The maximum absolute atomic E-state index is 12.0. The Kier molecular flexibility index (Phi) is 6.01. The van der Waals surface area contributed by atoms with E-state index in [1.54, 1.807) is 0 Å². The van der Waals surface area contributed by atoms with E-state index in [1.807, 2.05) is 31.2 Å². The minimum atomic E-state index is -0.325. The second kappa shape index (κ2) is 7.06. The average molecular weight is 327 g/mol. The van der Waals surface area contributed by atoms with Crippen LogP contribution in [-0.4, -0.2) is 18.0 Å². The van der Waals surface area contributed by atoms with Crippen molar-refractivity contribution in [3.05, 3.63) is 34.3 Å². The third kappa shape index (κ3) is 4.96. The Labute approximate surface area is 124 Å². The van der Waals surface area contributed by atoms with Crippen LogP contribution in [0, 0.1) is 5.92 Å². The first kappa shape index (κ1) is 16.2. The molecule has 1 aromatic rings. The predicted octanol–water partition coefficient (Wildman–Crippen LogP) is 2.87. The molecule has 0 heterocycles. The molecule has 0 spiro atoms. The van der Waals surface area contributed by atoms with Gasteiger partial charge in [-0.2, -0.15) is 0 Å². The molecule has 0 aliphatic rings. The number of nitrogens with one attached hydrogen (secondary N) is 1. The summed E-state index contributed by atoms with van der Waals surface area (Å²) in [6.45, 7) is 6.59. The van der Waals surface area contributed by atoms with Crippen LogP contribution in [0.1, 0.15) is 32.8 Å². The van der Waals surface area contributed by atoms with Crippen LogP contribution in [0.4, 0.5) is 0 Å². The topological polar surface area (TPSA) is 55.1 Å². The second-order valence-corrected chi connectivity index (χ2v) is 6.37. The smallest absolute Gasteiger partial charge is 0.220 e. The molecule has 3 nitrogen and oxygen atoms in total. The van der Waals surface area contributed by atoms with Crippen LogP contribution in [0.5, 0.6) is 0 Å². The number of carbonyl (C=O) groups excluding carboxylic acids is 1. The van der Waals surface area contributed by atoms with E-state index in [1.165, 1.54) is 0 Å². The Morgan fingerprint density at radius 2 is 2.16 bits per heavy atom. The van der Waals surface area contributed by atoms with Gasteiger partial charge in [-0.05, 0) is 37.0 Å². The summed E-state index contributed by atoms with van der Waals surface area (Å²) < 4.78 is 1.04. The molecule has 4 heteroatoms. The van der Waals surface area contributed by atoms with Crippen molar-refractivity contribution in [3.63, 3.8) is 0 Å². The highest BCUT2D eigenvalue weighted by molar-refractivity contribution is 9.10. The summed E-state index contributed by atoms with van der Waals surface area (Å²) in [5.74, 6) is 0.369. The number of aryl methyl sites for hydroxylation is 1. The number of halogens is 1. The first-order valence-electron chi connectivity index (χ1n) is 6.63. The molecule has 3 N–H and O–H groups in total. The van der Waals surface area contributed by atoms with Gasteiger partial charge in [0.2, 0.25) is 5.91 Å². The molecule has 0 aromatic heterocycles. The zero-order valence-corrected chi connectivity index (χ0v) is 13.5. The van der Waals surface area contributed by atoms with E-state index in [0.717, 1.165) is 16.5 Å². The molecule has 1 aromatic carbocycles. The van der Waals surface area contributed by atoms with E-state index >= 15 is 0 Å². The van der Waals surface area contributed by atoms with Gasteiger partial charge in [-0.1, -0.05) is 41.9 Å². The molecule has 1 amide bonds. The lowest BCUT2D eigenvalue weighted by Crippen LogP contribution is -2.55. The zero-order valence-electron chi connectivity index (χ0n) is 11.9. The Hall–Kier alpha value is -0.870. The van der Waals surface area contributed by atoms with Crippen LogP contribution >= 0.6 is 15.9 Å². The SMILES string of the molecule is CC(C)C(C)(CN)NC(=O)CCc1cccc(Br)c1. The first-order chi connectivity index (χ1) is 8.87. The average Bonchev–Trinajstić information content (AvgIpc) is 2.36. The number of hydrogen-bond acceptors (Lipinski definition) is 2. The molecule has 106 valence electrons. The Morgan fingerprint density at radius 3 is 2.68 bits per heavy atom. The van der Waals surface area contributed by atoms with Crippen LogP contribution in [-0.2, 0) is 11.2 Å². The van der Waals surface area contributed by atoms with Gasteiger partial charge in [0.05, 0.1) is 5.54 Å². The van der Waals surface area contributed by atoms with Gasteiger partial charge in [-0.25, -0.2) is 0 Å². The fraction of sp³-hybridized carbons (Fsp3) is 0.533. The van der Waals surface area contributed by atoms with E-state index in [2.05, 4.69) is 35.1 Å². The summed E-state index contributed by atoms with van der Waals surface area (Å²) in [4.78, 5) is 12.0. The molecule has 19 heavy (non-hydrogen) atoms. The van der Waals surface area contributed by atoms with Crippen molar-refractivity contribution in [2.24, 2.45) is 11.7 Å². The third-order valence-electron chi connectivity index (χ3n) is 3.65. The van der Waals surface area contributed by atoms with Gasteiger partial charge < -0.3 is 11.1 Å². The molecule has 0 saturated heterocycles. The van der Waals surface area contributed by atoms with Crippen LogP contribution in [0.15, 0.2) is 28.7 Å². The molecule has 0 radical (unpaired) electrons. The minimum Gasteiger partial charge on any atom is -0.349 e. The first-order valence-corrected chi connectivity index (χ1v) is 7.42. The monoisotopic (exact) mass is 326 g/mol. The van der Waals surface area contributed by atoms with E-state index in [9.17, 15) is 4.79 Å². The van der Waals surface area contributed by atoms with Gasteiger partial charge in [-0.3, -0.25) is 4.79 Å². The van der Waals surface area contributed by atoms with Crippen LogP contribution in [0.25, 0.3) is 0 Å². The summed E-state index contributed by atoms with van der Waals surface area (Å²) in [7, 11) is 0. The number of hydrogen-bond donors (Lipinski definition) is 2. The maximum Gasteiger partial charge on any atom is 0.220 e. The Bertz CT molecular complexity index is 434. The summed E-state index contributed by atoms with van der Waals surface area (Å²) in [6.07, 6.45) is 1.22. The number of rotatable bonds is 6. The van der Waals surface area contributed by atoms with Crippen LogP contribution in [0.3, 0.4) is 0 Å². The predicted molar refractivity (Wildman–Crippen MR) is 82.9 cm³/mol. The molecular weight excluding hydrogens is 304 g/mol. The largest absolute Gasteiger partial charge is 0.349 e. The normalized spacial score (nSPS) is 14.2. The van der Waals surface area contributed by atoms with Gasteiger partial charge in [0, 0.05) is 17.4 Å². The molecule has 0 fully saturated rings. The number of carbonyl (C=O) groups is 1. The van der Waals surface area contributed by atoms with Gasteiger partial charge in [0.15, 0.2) is 0 Å². The van der Waals surface area contributed by atoms with Gasteiger partial charge in [0.1, 0.15) is 0 Å². The highest BCUT2D eigenvalue weighted by Crippen LogP contribution is 2.16. The molecule has 0 bridgehead atoms. The van der Waals surface area contributed by atoms with Crippen LogP contribution < -0.4 is 11.1 Å². The second-order valence-electron chi connectivity index (χ2n) is 5.45. The third-order valence-corrected chi connectivity index (χ3v) is 4.15. The zero-order chi connectivity index (χ0) is 14.5. The van der Waals surface area contributed by atoms with Crippen molar-refractivity contribution in [1.29, 1.82) is 0 Å². The molecule has 0 aliphatic heterocycles. The van der Waals surface area contributed by atoms with E-state index < -0.39 is 0 Å². The Balaban J connectivity index is 2.52. The number of benzene rings is 1. The summed E-state index contributed by atoms with van der Waals surface area (Å²) >= 11 is 3.43. The maximum atomic E-state index is 12.0. The molecule has 1 rings (SSSR count). The van der Waals surface area contributed by atoms with Gasteiger partial charge in [-0.15, -0.1) is 0 Å². The molecule has 1 atom stereocenters. The molecule has 1 unspecified atom stereocenters. The minimum absolute atomic E-state index is 0.0571. The number of nitrogens with two attached hydrogens (primary N) is 1. The lowest BCUT2D eigenvalue weighted by molar-refractivity contribution is -0.123. The summed E-state index contributed by atoms with van der Waals surface area (Å²) in [5.41, 5.74) is 6.59. The summed E-state index contributed by atoms with van der Waals surface area (Å²) in [5, 5.41) is 3.05. The van der Waals surface area contributed by atoms with Crippen molar-refractivity contribution in [2.45, 2.75) is 39.2 Å². The quantitative estimate of drug-likeness (QED) is 0.844. The highest BCUT2D eigenvalue weighted by Gasteiger charge is 2.28. The standard InChI is InChI=1S/C15H23BrN2O/c1-11(2)15(3,10-17)18-14(19)8-7-12-5-4-6-13(16)9-12/h4-6,9,11H,7-8,10,17H2,1-3H3,(H,18,19). The van der Waals surface area contributed by atoms with Gasteiger partial charge in [0.25, 0.3) is 0 Å². The van der Waals surface area contributed by atoms with Crippen molar-refractivity contribution < 1.29 is 4.79 Å². The lowest BCUT2D eigenvalue weighted by atomic mass is 9.88. The van der Waals surface area contributed by atoms with E-state index in [4.69, 9.17) is 5.73 Å². The van der Waals surface area contributed by atoms with Crippen LogP contribution in [0.2, 0.25) is 0 Å². The molecule has 0 aliphatic carbocycles. The van der Waals surface area contributed by atoms with Crippen molar-refractivity contribution in [2.75, 3.05) is 6.54 Å². The highest BCUT2D eigenvalue weighted by atomic mass is 79.9. The van der Waals surface area contributed by atoms with E-state index in [-0.39, 0.29) is 11.4 Å². The molecular formula is C15H23BrN2O. The fourth-order valence-electron chi connectivity index (χ4n) is 1.76. The van der Waals surface area contributed by atoms with E-state index in [0.29, 0.717) is 18.9 Å². The molecule has 0 saturated carbocycles. The Morgan fingerprint density at radius 1 is 1.47 bits per heavy atom. The van der Waals surface area contributed by atoms with Crippen molar-refractivity contribution in [1.82, 2.24) is 5.32 Å². The summed E-state index contributed by atoms with van der Waals surface area (Å²) in [6, 6.07) is 8.03. The lowest BCUT2D eigenvalue weighted by Gasteiger charge is -2.33.